The quantitative estimate of drug-likeness (QED) is 0.230. The summed E-state index contributed by atoms with van der Waals surface area (Å²) in [4.78, 5) is 37.0. The third-order valence-corrected chi connectivity index (χ3v) is 5.50. The molecule has 2 N–H and O–H groups in total. The van der Waals surface area contributed by atoms with Crippen LogP contribution >= 0.6 is 15.9 Å². The van der Waals surface area contributed by atoms with Gasteiger partial charge in [-0.05, 0) is 72.4 Å². The van der Waals surface area contributed by atoms with Crippen LogP contribution in [0.4, 0.5) is 0 Å². The van der Waals surface area contributed by atoms with Crippen molar-refractivity contribution in [2.24, 2.45) is 11.0 Å². The first-order valence-electron chi connectivity index (χ1n) is 11.6. The minimum atomic E-state index is -0.777. The maximum absolute atomic E-state index is 12.8. The highest BCUT2D eigenvalue weighted by Crippen LogP contribution is 2.36. The van der Waals surface area contributed by atoms with Crippen LogP contribution in [0, 0.1) is 12.8 Å². The fourth-order valence-electron chi connectivity index (χ4n) is 3.10. The number of carbonyl (C=O) groups is 3. The summed E-state index contributed by atoms with van der Waals surface area (Å²) in [5.74, 6) is -0.686. The smallest absolute Gasteiger partial charge is 0.344 e. The molecule has 9 nitrogen and oxygen atoms in total. The van der Waals surface area contributed by atoms with Crippen LogP contribution in [0.2, 0.25) is 0 Å². The highest BCUT2D eigenvalue weighted by molar-refractivity contribution is 9.10. The Labute approximate surface area is 219 Å². The standard InChI is InChI=1S/C26H32BrN3O6/c1-6-34-21-13-18(12-20(27)24(21)36-15-22(31)35-7-2)14-28-30-26(33)23(16(3)4)29-25(32)19-10-8-17(5)9-11-19/h8-14,16,23H,6-7,15H2,1-5H3,(H,29,32)(H,30,33). The Hall–Kier alpha value is -3.40. The van der Waals surface area contributed by atoms with Gasteiger partial charge in [-0.1, -0.05) is 31.5 Å². The summed E-state index contributed by atoms with van der Waals surface area (Å²) in [5.41, 5.74) is 4.61. The van der Waals surface area contributed by atoms with Gasteiger partial charge in [-0.25, -0.2) is 10.2 Å². The van der Waals surface area contributed by atoms with Crippen LogP contribution in [0.15, 0.2) is 46.0 Å². The first kappa shape index (κ1) is 28.8. The van der Waals surface area contributed by atoms with E-state index in [-0.39, 0.29) is 25.0 Å². The number of ether oxygens (including phenoxy) is 3. The van der Waals surface area contributed by atoms with Gasteiger partial charge in [0.2, 0.25) is 0 Å². The van der Waals surface area contributed by atoms with Crippen LogP contribution in [-0.2, 0) is 14.3 Å². The molecule has 10 heteroatoms. The fraction of sp³-hybridized carbons (Fsp3) is 0.385. The van der Waals surface area contributed by atoms with Crippen LogP contribution in [0.3, 0.4) is 0 Å². The van der Waals surface area contributed by atoms with Gasteiger partial charge in [0.15, 0.2) is 18.1 Å². The fourth-order valence-corrected chi connectivity index (χ4v) is 3.68. The number of nitrogens with zero attached hydrogens (tertiary/aromatic N) is 1. The Balaban J connectivity index is 2.09. The number of amides is 2. The lowest BCUT2D eigenvalue weighted by molar-refractivity contribution is -0.145. The van der Waals surface area contributed by atoms with Crippen molar-refractivity contribution >= 4 is 39.9 Å². The zero-order valence-corrected chi connectivity index (χ0v) is 22.7. The van der Waals surface area contributed by atoms with E-state index in [4.69, 9.17) is 14.2 Å². The Morgan fingerprint density at radius 2 is 1.75 bits per heavy atom. The first-order valence-corrected chi connectivity index (χ1v) is 12.4. The maximum atomic E-state index is 12.8. The second-order valence-corrected chi connectivity index (χ2v) is 9.01. The Morgan fingerprint density at radius 3 is 2.36 bits per heavy atom. The SMILES string of the molecule is CCOC(=O)COc1c(Br)cc(C=NNC(=O)C(NC(=O)c2ccc(C)cc2)C(C)C)cc1OCC. The van der Waals surface area contributed by atoms with E-state index in [0.29, 0.717) is 33.7 Å². The molecule has 0 spiro atoms. The Bertz CT molecular complexity index is 1090. The Kier molecular flexibility index (Phi) is 11.4. The number of halogens is 1. The second kappa shape index (κ2) is 14.2. The molecule has 36 heavy (non-hydrogen) atoms. The van der Waals surface area contributed by atoms with Gasteiger partial charge in [0.1, 0.15) is 6.04 Å². The summed E-state index contributed by atoms with van der Waals surface area (Å²) in [7, 11) is 0. The van der Waals surface area contributed by atoms with Gasteiger partial charge in [-0.3, -0.25) is 9.59 Å². The normalized spacial score (nSPS) is 11.8. The van der Waals surface area contributed by atoms with E-state index < -0.39 is 17.9 Å². The molecule has 0 heterocycles. The minimum absolute atomic E-state index is 0.163. The third kappa shape index (κ3) is 8.67. The number of hydrogen-bond acceptors (Lipinski definition) is 7. The summed E-state index contributed by atoms with van der Waals surface area (Å²) >= 11 is 3.42. The summed E-state index contributed by atoms with van der Waals surface area (Å²) in [6.45, 7) is 9.51. The van der Waals surface area contributed by atoms with Gasteiger partial charge in [0.05, 0.1) is 23.9 Å². The van der Waals surface area contributed by atoms with Crippen LogP contribution in [0.25, 0.3) is 0 Å². The number of nitrogens with one attached hydrogen (secondary N) is 2. The predicted octanol–water partition coefficient (Wildman–Crippen LogP) is 4.00. The van der Waals surface area contributed by atoms with Crippen molar-refractivity contribution in [1.29, 1.82) is 0 Å². The monoisotopic (exact) mass is 561 g/mol. The largest absolute Gasteiger partial charge is 0.490 e. The van der Waals surface area contributed by atoms with Crippen LogP contribution in [-0.4, -0.2) is 49.9 Å². The molecule has 2 amide bonds. The van der Waals surface area contributed by atoms with Crippen LogP contribution in [0.5, 0.6) is 11.5 Å². The molecule has 0 aromatic heterocycles. The molecule has 1 unspecified atom stereocenters. The molecular formula is C26H32BrN3O6. The lowest BCUT2D eigenvalue weighted by atomic mass is 10.0. The Morgan fingerprint density at radius 1 is 1.06 bits per heavy atom. The minimum Gasteiger partial charge on any atom is -0.490 e. The topological polar surface area (TPSA) is 115 Å². The van der Waals surface area contributed by atoms with Gasteiger partial charge in [-0.15, -0.1) is 0 Å². The average Bonchev–Trinajstić information content (AvgIpc) is 2.82. The molecule has 0 saturated heterocycles. The van der Waals surface area contributed by atoms with Gasteiger partial charge < -0.3 is 19.5 Å². The van der Waals surface area contributed by atoms with Crippen molar-refractivity contribution < 1.29 is 28.6 Å². The predicted molar refractivity (Wildman–Crippen MR) is 140 cm³/mol. The molecule has 0 aliphatic heterocycles. The number of hydrazone groups is 1. The highest BCUT2D eigenvalue weighted by atomic mass is 79.9. The van der Waals surface area contributed by atoms with Crippen LogP contribution in [0.1, 0.15) is 49.2 Å². The first-order chi connectivity index (χ1) is 17.2. The molecule has 2 aromatic rings. The van der Waals surface area contributed by atoms with Gasteiger partial charge in [-0.2, -0.15) is 5.10 Å². The molecule has 0 aliphatic rings. The number of rotatable bonds is 12. The third-order valence-electron chi connectivity index (χ3n) is 4.91. The van der Waals surface area contributed by atoms with Crippen LogP contribution < -0.4 is 20.2 Å². The molecule has 2 aromatic carbocycles. The van der Waals surface area contributed by atoms with Crippen molar-refractivity contribution in [3.8, 4) is 11.5 Å². The average molecular weight is 562 g/mol. The van der Waals surface area contributed by atoms with Gasteiger partial charge in [0.25, 0.3) is 11.8 Å². The molecule has 194 valence electrons. The van der Waals surface area contributed by atoms with Crippen molar-refractivity contribution in [3.05, 3.63) is 57.6 Å². The maximum Gasteiger partial charge on any atom is 0.344 e. The van der Waals surface area contributed by atoms with E-state index in [0.717, 1.165) is 5.56 Å². The lowest BCUT2D eigenvalue weighted by Gasteiger charge is -2.20. The molecule has 2 rings (SSSR count). The van der Waals surface area contributed by atoms with E-state index in [1.165, 1.54) is 6.21 Å². The van der Waals surface area contributed by atoms with E-state index in [9.17, 15) is 14.4 Å². The summed E-state index contributed by atoms with van der Waals surface area (Å²) in [6, 6.07) is 9.70. The van der Waals surface area contributed by atoms with E-state index in [1.807, 2.05) is 39.8 Å². The number of hydrogen-bond donors (Lipinski definition) is 2. The molecule has 0 bridgehead atoms. The summed E-state index contributed by atoms with van der Waals surface area (Å²) in [6.07, 6.45) is 1.44. The van der Waals surface area contributed by atoms with Crippen molar-refractivity contribution in [1.82, 2.24) is 10.7 Å². The van der Waals surface area contributed by atoms with Crippen molar-refractivity contribution in [3.63, 3.8) is 0 Å². The zero-order valence-electron chi connectivity index (χ0n) is 21.1. The number of carbonyl (C=O) groups excluding carboxylic acids is 3. The molecule has 0 aliphatic carbocycles. The number of esters is 1. The second-order valence-electron chi connectivity index (χ2n) is 8.15. The molecule has 0 fully saturated rings. The van der Waals surface area contributed by atoms with Gasteiger partial charge >= 0.3 is 5.97 Å². The summed E-state index contributed by atoms with van der Waals surface area (Å²) in [5, 5.41) is 6.81. The molecule has 1 atom stereocenters. The number of aryl methyl sites for hydroxylation is 1. The van der Waals surface area contributed by atoms with E-state index >= 15 is 0 Å². The van der Waals surface area contributed by atoms with Gasteiger partial charge in [0, 0.05) is 5.56 Å². The zero-order chi connectivity index (χ0) is 26.7. The van der Waals surface area contributed by atoms with Crippen molar-refractivity contribution in [2.45, 2.75) is 40.7 Å². The molecule has 0 radical (unpaired) electrons. The summed E-state index contributed by atoms with van der Waals surface area (Å²) < 4.78 is 16.6. The lowest BCUT2D eigenvalue weighted by Crippen LogP contribution is -2.48. The van der Waals surface area contributed by atoms with Crippen molar-refractivity contribution in [2.75, 3.05) is 19.8 Å². The van der Waals surface area contributed by atoms with E-state index in [2.05, 4.69) is 31.8 Å². The molecule has 0 saturated carbocycles. The molecular weight excluding hydrogens is 530 g/mol. The highest BCUT2D eigenvalue weighted by Gasteiger charge is 2.24. The van der Waals surface area contributed by atoms with E-state index in [1.54, 1.807) is 31.2 Å². The number of benzene rings is 2.